The number of aromatic nitrogens is 2. The van der Waals surface area contributed by atoms with Crippen LogP contribution in [-0.2, 0) is 0 Å². The smallest absolute Gasteiger partial charge is 0.251 e. The number of hydrogen-bond donors (Lipinski definition) is 1. The van der Waals surface area contributed by atoms with E-state index in [9.17, 15) is 4.79 Å². The highest BCUT2D eigenvalue weighted by atomic mass is 16.1. The highest BCUT2D eigenvalue weighted by Gasteiger charge is 2.38. The molecule has 1 fully saturated rings. The number of nitrogens with zero attached hydrogens (tertiary/aromatic N) is 2. The van der Waals surface area contributed by atoms with Crippen molar-refractivity contribution in [1.29, 1.82) is 0 Å². The molecule has 2 aromatic heterocycles. The summed E-state index contributed by atoms with van der Waals surface area (Å²) in [5, 5.41) is 3.01. The molecule has 2 atom stereocenters. The number of aryl methyl sites for hydroxylation is 1. The lowest BCUT2D eigenvalue weighted by molar-refractivity contribution is 0.0951. The maximum absolute atomic E-state index is 12.1. The minimum atomic E-state index is -0.0123. The molecule has 0 radical (unpaired) electrons. The second-order valence-electron chi connectivity index (χ2n) is 5.29. The Hall–Kier alpha value is -2.23. The molecule has 1 aliphatic rings. The molecular weight excluding hydrogens is 250 g/mol. The lowest BCUT2D eigenvalue weighted by Gasteiger charge is -2.07. The molecule has 2 heterocycles. The van der Waals surface area contributed by atoms with Crippen molar-refractivity contribution >= 4 is 5.91 Å². The first-order valence-corrected chi connectivity index (χ1v) is 6.84. The minimum Gasteiger partial charge on any atom is -0.352 e. The molecule has 1 saturated carbocycles. The summed E-state index contributed by atoms with van der Waals surface area (Å²) in [4.78, 5) is 20.2. The van der Waals surface area contributed by atoms with Crippen LogP contribution in [0.5, 0.6) is 0 Å². The van der Waals surface area contributed by atoms with Gasteiger partial charge in [-0.3, -0.25) is 14.8 Å². The van der Waals surface area contributed by atoms with Crippen molar-refractivity contribution in [2.24, 2.45) is 5.92 Å². The molecule has 1 aliphatic carbocycles. The Labute approximate surface area is 118 Å². The Bertz CT molecular complexity index is 612. The van der Waals surface area contributed by atoms with E-state index in [1.54, 1.807) is 24.7 Å². The summed E-state index contributed by atoms with van der Waals surface area (Å²) in [7, 11) is 0. The van der Waals surface area contributed by atoms with Crippen LogP contribution < -0.4 is 5.32 Å². The summed E-state index contributed by atoms with van der Waals surface area (Å²) in [6.07, 6.45) is 8.19. The number of carbonyl (C=O) groups is 1. The van der Waals surface area contributed by atoms with E-state index >= 15 is 0 Å². The highest BCUT2D eigenvalue weighted by Crippen LogP contribution is 2.46. The van der Waals surface area contributed by atoms with Crippen molar-refractivity contribution in [3.8, 4) is 0 Å². The van der Waals surface area contributed by atoms with Gasteiger partial charge in [-0.05, 0) is 48.4 Å². The zero-order valence-corrected chi connectivity index (χ0v) is 11.4. The summed E-state index contributed by atoms with van der Waals surface area (Å²) in [5.74, 6) is 1.06. The van der Waals surface area contributed by atoms with Crippen molar-refractivity contribution in [2.75, 3.05) is 6.54 Å². The number of hydrogen-bond acceptors (Lipinski definition) is 3. The fourth-order valence-electron chi connectivity index (χ4n) is 2.52. The molecule has 4 heteroatoms. The van der Waals surface area contributed by atoms with E-state index in [1.807, 2.05) is 19.2 Å². The molecule has 3 rings (SSSR count). The number of pyridine rings is 2. The first-order chi connectivity index (χ1) is 9.75. The van der Waals surface area contributed by atoms with Crippen LogP contribution in [-0.4, -0.2) is 22.4 Å². The standard InChI is InChI=1S/C16H17N3O/c1-11-8-18-6-4-14(11)16(20)19-10-13-7-15(13)12-3-2-5-17-9-12/h2-6,8-9,13,15H,7,10H2,1H3,(H,19,20)/t13-,15-/m0/s1. The average Bonchev–Trinajstić information content (AvgIpc) is 3.26. The van der Waals surface area contributed by atoms with Gasteiger partial charge in [-0.15, -0.1) is 0 Å². The summed E-state index contributed by atoms with van der Waals surface area (Å²) in [6.45, 7) is 2.62. The molecule has 102 valence electrons. The summed E-state index contributed by atoms with van der Waals surface area (Å²) in [5.41, 5.74) is 2.88. The quantitative estimate of drug-likeness (QED) is 0.925. The topological polar surface area (TPSA) is 54.9 Å². The van der Waals surface area contributed by atoms with E-state index in [-0.39, 0.29) is 5.91 Å². The van der Waals surface area contributed by atoms with Crippen LogP contribution in [0.1, 0.15) is 33.8 Å². The third kappa shape index (κ3) is 2.69. The monoisotopic (exact) mass is 267 g/mol. The number of carbonyl (C=O) groups excluding carboxylic acids is 1. The van der Waals surface area contributed by atoms with Crippen LogP contribution in [0.15, 0.2) is 43.0 Å². The van der Waals surface area contributed by atoms with Gasteiger partial charge in [-0.2, -0.15) is 0 Å². The van der Waals surface area contributed by atoms with Crippen LogP contribution in [0, 0.1) is 12.8 Å². The van der Waals surface area contributed by atoms with Gasteiger partial charge in [0.1, 0.15) is 0 Å². The van der Waals surface area contributed by atoms with E-state index in [0.717, 1.165) is 18.5 Å². The lowest BCUT2D eigenvalue weighted by Crippen LogP contribution is -2.26. The second-order valence-corrected chi connectivity index (χ2v) is 5.29. The lowest BCUT2D eigenvalue weighted by atomic mass is 10.1. The fraction of sp³-hybridized carbons (Fsp3) is 0.312. The Balaban J connectivity index is 1.55. The van der Waals surface area contributed by atoms with E-state index in [1.165, 1.54) is 5.56 Å². The van der Waals surface area contributed by atoms with Gasteiger partial charge in [-0.25, -0.2) is 0 Å². The number of amides is 1. The zero-order chi connectivity index (χ0) is 13.9. The molecule has 0 unspecified atom stereocenters. The average molecular weight is 267 g/mol. The second kappa shape index (κ2) is 5.41. The Morgan fingerprint density at radius 2 is 2.15 bits per heavy atom. The van der Waals surface area contributed by atoms with Gasteiger partial charge in [0, 0.05) is 36.9 Å². The van der Waals surface area contributed by atoms with Crippen molar-refractivity contribution in [1.82, 2.24) is 15.3 Å². The van der Waals surface area contributed by atoms with Gasteiger partial charge in [0.15, 0.2) is 0 Å². The molecular formula is C16H17N3O. The van der Waals surface area contributed by atoms with Crippen LogP contribution in [0.3, 0.4) is 0 Å². The third-order valence-electron chi connectivity index (χ3n) is 3.82. The Morgan fingerprint density at radius 1 is 1.30 bits per heavy atom. The van der Waals surface area contributed by atoms with Crippen LogP contribution in [0.25, 0.3) is 0 Å². The predicted octanol–water partition coefficient (Wildman–Crippen LogP) is 2.32. The molecule has 2 aromatic rings. The molecule has 0 aliphatic heterocycles. The van der Waals surface area contributed by atoms with E-state index < -0.39 is 0 Å². The number of nitrogens with one attached hydrogen (secondary N) is 1. The van der Waals surface area contributed by atoms with Crippen LogP contribution in [0.4, 0.5) is 0 Å². The maximum atomic E-state index is 12.1. The van der Waals surface area contributed by atoms with Crippen molar-refractivity contribution in [2.45, 2.75) is 19.3 Å². The Morgan fingerprint density at radius 3 is 2.90 bits per heavy atom. The van der Waals surface area contributed by atoms with Crippen molar-refractivity contribution in [3.05, 3.63) is 59.7 Å². The van der Waals surface area contributed by atoms with Gasteiger partial charge < -0.3 is 5.32 Å². The third-order valence-corrected chi connectivity index (χ3v) is 3.82. The molecule has 0 spiro atoms. The molecule has 1 N–H and O–H groups in total. The van der Waals surface area contributed by atoms with Gasteiger partial charge in [0.05, 0.1) is 0 Å². The van der Waals surface area contributed by atoms with Crippen molar-refractivity contribution < 1.29 is 4.79 Å². The minimum absolute atomic E-state index is 0.0123. The molecule has 0 saturated heterocycles. The number of rotatable bonds is 4. The van der Waals surface area contributed by atoms with E-state index in [0.29, 0.717) is 17.4 Å². The zero-order valence-electron chi connectivity index (χ0n) is 11.4. The molecule has 1 amide bonds. The largest absolute Gasteiger partial charge is 0.352 e. The van der Waals surface area contributed by atoms with Crippen LogP contribution in [0.2, 0.25) is 0 Å². The van der Waals surface area contributed by atoms with Gasteiger partial charge in [0.2, 0.25) is 0 Å². The van der Waals surface area contributed by atoms with Crippen molar-refractivity contribution in [3.63, 3.8) is 0 Å². The van der Waals surface area contributed by atoms with E-state index in [2.05, 4.69) is 21.4 Å². The summed E-state index contributed by atoms with van der Waals surface area (Å²) in [6, 6.07) is 5.83. The van der Waals surface area contributed by atoms with Crippen LogP contribution >= 0.6 is 0 Å². The molecule has 0 bridgehead atoms. The maximum Gasteiger partial charge on any atom is 0.251 e. The molecule has 20 heavy (non-hydrogen) atoms. The first kappa shape index (κ1) is 12.8. The molecule has 4 nitrogen and oxygen atoms in total. The van der Waals surface area contributed by atoms with Gasteiger partial charge >= 0.3 is 0 Å². The normalized spacial score (nSPS) is 20.4. The fourth-order valence-corrected chi connectivity index (χ4v) is 2.52. The summed E-state index contributed by atoms with van der Waals surface area (Å²) < 4.78 is 0. The Kier molecular flexibility index (Phi) is 3.46. The van der Waals surface area contributed by atoms with E-state index in [4.69, 9.17) is 0 Å². The van der Waals surface area contributed by atoms with Gasteiger partial charge in [0.25, 0.3) is 5.91 Å². The first-order valence-electron chi connectivity index (χ1n) is 6.84. The predicted molar refractivity (Wildman–Crippen MR) is 76.4 cm³/mol. The highest BCUT2D eigenvalue weighted by molar-refractivity contribution is 5.95. The molecule has 0 aromatic carbocycles. The SMILES string of the molecule is Cc1cnccc1C(=O)NC[C@@H]1C[C@H]1c1cccnc1. The van der Waals surface area contributed by atoms with Gasteiger partial charge in [-0.1, -0.05) is 6.07 Å². The summed E-state index contributed by atoms with van der Waals surface area (Å²) >= 11 is 0.